The van der Waals surface area contributed by atoms with Crippen LogP contribution in [0.4, 0.5) is 0 Å². The first-order valence-electron chi connectivity index (χ1n) is 6.46. The Balaban J connectivity index is 2.09. The molecule has 0 radical (unpaired) electrons. The molecule has 1 aromatic rings. The van der Waals surface area contributed by atoms with Gasteiger partial charge in [-0.3, -0.25) is 0 Å². The molecule has 4 heteroatoms. The summed E-state index contributed by atoms with van der Waals surface area (Å²) in [5.41, 5.74) is 1.03. The van der Waals surface area contributed by atoms with Gasteiger partial charge in [-0.15, -0.1) is 0 Å². The lowest BCUT2D eigenvalue weighted by Crippen LogP contribution is -2.27. The van der Waals surface area contributed by atoms with Gasteiger partial charge in [0.15, 0.2) is 9.84 Å². The third-order valence-electron chi connectivity index (χ3n) is 3.71. The maximum absolute atomic E-state index is 12.2. The third kappa shape index (κ3) is 3.12. The summed E-state index contributed by atoms with van der Waals surface area (Å²) in [7, 11) is -3.36. The van der Waals surface area contributed by atoms with Crippen molar-refractivity contribution in [2.45, 2.75) is 43.6 Å². The van der Waals surface area contributed by atoms with Gasteiger partial charge in [0, 0.05) is 0 Å². The fourth-order valence-electron chi connectivity index (χ4n) is 2.54. The van der Waals surface area contributed by atoms with Crippen LogP contribution in [0.2, 0.25) is 0 Å². The SMILES string of the molecule is Cc1ccc(S(=O)(=O)CC(O)C2CCCC2)cc1. The van der Waals surface area contributed by atoms with Crippen molar-refractivity contribution in [2.75, 3.05) is 5.75 Å². The summed E-state index contributed by atoms with van der Waals surface area (Å²) in [6.45, 7) is 1.92. The highest BCUT2D eigenvalue weighted by Crippen LogP contribution is 2.29. The zero-order valence-corrected chi connectivity index (χ0v) is 11.5. The first-order chi connectivity index (χ1) is 8.49. The molecule has 3 nitrogen and oxygen atoms in total. The smallest absolute Gasteiger partial charge is 0.180 e. The van der Waals surface area contributed by atoms with E-state index < -0.39 is 15.9 Å². The average Bonchev–Trinajstić information content (AvgIpc) is 2.82. The number of sulfone groups is 1. The Hall–Kier alpha value is -0.870. The summed E-state index contributed by atoms with van der Waals surface area (Å²) in [6.07, 6.45) is 3.38. The molecule has 1 aliphatic carbocycles. The predicted molar refractivity (Wildman–Crippen MR) is 71.2 cm³/mol. The van der Waals surface area contributed by atoms with Gasteiger partial charge in [-0.1, -0.05) is 30.5 Å². The number of hydrogen-bond donors (Lipinski definition) is 1. The van der Waals surface area contributed by atoms with Crippen LogP contribution >= 0.6 is 0 Å². The largest absolute Gasteiger partial charge is 0.392 e. The monoisotopic (exact) mass is 268 g/mol. The molecule has 2 rings (SSSR count). The summed E-state index contributed by atoms with van der Waals surface area (Å²) in [5.74, 6) is 0.00556. The van der Waals surface area contributed by atoms with Gasteiger partial charge in [0.25, 0.3) is 0 Å². The molecule has 100 valence electrons. The van der Waals surface area contributed by atoms with E-state index in [0.29, 0.717) is 4.90 Å². The normalized spacial score (nSPS) is 19.0. The molecule has 1 atom stereocenters. The summed E-state index contributed by atoms with van der Waals surface area (Å²) >= 11 is 0. The number of hydrogen-bond acceptors (Lipinski definition) is 3. The molecular formula is C14H20O3S. The van der Waals surface area contributed by atoms with Crippen LogP contribution in [0.15, 0.2) is 29.2 Å². The topological polar surface area (TPSA) is 54.4 Å². The van der Waals surface area contributed by atoms with E-state index in [2.05, 4.69) is 0 Å². The molecule has 1 saturated carbocycles. The fourth-order valence-corrected chi connectivity index (χ4v) is 4.01. The highest BCUT2D eigenvalue weighted by atomic mass is 32.2. The van der Waals surface area contributed by atoms with Crippen LogP contribution in [0, 0.1) is 12.8 Å². The molecule has 1 unspecified atom stereocenters. The van der Waals surface area contributed by atoms with Crippen molar-refractivity contribution in [1.82, 2.24) is 0 Å². The first kappa shape index (κ1) is 13.6. The zero-order chi connectivity index (χ0) is 13.2. The van der Waals surface area contributed by atoms with Gasteiger partial charge in [0.1, 0.15) is 0 Å². The predicted octanol–water partition coefficient (Wildman–Crippen LogP) is 2.32. The maximum atomic E-state index is 12.2. The third-order valence-corrected chi connectivity index (χ3v) is 5.49. The lowest BCUT2D eigenvalue weighted by atomic mass is 10.0. The Labute approximate surface area is 109 Å². The Morgan fingerprint density at radius 3 is 2.33 bits per heavy atom. The number of aryl methyl sites for hydroxylation is 1. The summed E-state index contributed by atoms with van der Waals surface area (Å²) in [6, 6.07) is 6.81. The second-order valence-electron chi connectivity index (χ2n) is 5.21. The van der Waals surface area contributed by atoms with Crippen LogP contribution in [-0.4, -0.2) is 25.4 Å². The molecule has 0 aliphatic heterocycles. The molecule has 0 aromatic heterocycles. The minimum Gasteiger partial charge on any atom is -0.392 e. The van der Waals surface area contributed by atoms with Crippen molar-refractivity contribution in [3.63, 3.8) is 0 Å². The van der Waals surface area contributed by atoms with E-state index in [1.165, 1.54) is 0 Å². The molecule has 0 bridgehead atoms. The van der Waals surface area contributed by atoms with Crippen LogP contribution in [0.1, 0.15) is 31.2 Å². The molecule has 1 aliphatic rings. The van der Waals surface area contributed by atoms with Crippen molar-refractivity contribution < 1.29 is 13.5 Å². The van der Waals surface area contributed by atoms with Crippen molar-refractivity contribution in [2.24, 2.45) is 5.92 Å². The average molecular weight is 268 g/mol. The van der Waals surface area contributed by atoms with Gasteiger partial charge in [0.05, 0.1) is 16.8 Å². The molecule has 0 spiro atoms. The standard InChI is InChI=1S/C14H20O3S/c1-11-6-8-13(9-7-11)18(16,17)10-14(15)12-4-2-3-5-12/h6-9,12,14-15H,2-5,10H2,1H3. The molecule has 0 heterocycles. The molecule has 0 saturated heterocycles. The lowest BCUT2D eigenvalue weighted by molar-refractivity contribution is 0.131. The van der Waals surface area contributed by atoms with E-state index in [-0.39, 0.29) is 11.7 Å². The van der Waals surface area contributed by atoms with Crippen molar-refractivity contribution in [3.8, 4) is 0 Å². The molecule has 1 fully saturated rings. The van der Waals surface area contributed by atoms with Gasteiger partial charge in [0.2, 0.25) is 0 Å². The summed E-state index contributed by atoms with van der Waals surface area (Å²) < 4.78 is 24.3. The molecular weight excluding hydrogens is 248 g/mol. The molecule has 1 aromatic carbocycles. The van der Waals surface area contributed by atoms with Crippen molar-refractivity contribution >= 4 is 9.84 Å². The molecule has 18 heavy (non-hydrogen) atoms. The van der Waals surface area contributed by atoms with E-state index in [9.17, 15) is 13.5 Å². The van der Waals surface area contributed by atoms with Gasteiger partial charge in [-0.25, -0.2) is 8.42 Å². The van der Waals surface area contributed by atoms with E-state index in [1.807, 2.05) is 6.92 Å². The summed E-state index contributed by atoms with van der Waals surface area (Å²) in [5, 5.41) is 10.0. The Bertz CT molecular complexity index is 484. The number of aliphatic hydroxyl groups excluding tert-OH is 1. The lowest BCUT2D eigenvalue weighted by Gasteiger charge is -2.17. The second-order valence-corrected chi connectivity index (χ2v) is 7.24. The number of aliphatic hydroxyl groups is 1. The van der Waals surface area contributed by atoms with Gasteiger partial charge < -0.3 is 5.11 Å². The Morgan fingerprint density at radius 2 is 1.78 bits per heavy atom. The second kappa shape index (κ2) is 5.41. The molecule has 0 amide bonds. The van der Waals surface area contributed by atoms with E-state index in [0.717, 1.165) is 31.2 Å². The first-order valence-corrected chi connectivity index (χ1v) is 8.12. The summed E-state index contributed by atoms with van der Waals surface area (Å²) in [4.78, 5) is 0.310. The van der Waals surface area contributed by atoms with Crippen molar-refractivity contribution in [1.29, 1.82) is 0 Å². The van der Waals surface area contributed by atoms with Crippen LogP contribution in [0.5, 0.6) is 0 Å². The van der Waals surface area contributed by atoms with Crippen LogP contribution in [0.3, 0.4) is 0 Å². The Morgan fingerprint density at radius 1 is 1.22 bits per heavy atom. The van der Waals surface area contributed by atoms with Crippen LogP contribution < -0.4 is 0 Å². The number of benzene rings is 1. The highest BCUT2D eigenvalue weighted by Gasteiger charge is 2.28. The zero-order valence-electron chi connectivity index (χ0n) is 10.7. The minimum absolute atomic E-state index is 0.152. The fraction of sp³-hybridized carbons (Fsp3) is 0.571. The highest BCUT2D eigenvalue weighted by molar-refractivity contribution is 7.91. The van der Waals surface area contributed by atoms with Crippen molar-refractivity contribution in [3.05, 3.63) is 29.8 Å². The molecule has 1 N–H and O–H groups in total. The number of rotatable bonds is 4. The van der Waals surface area contributed by atoms with E-state index >= 15 is 0 Å². The van der Waals surface area contributed by atoms with E-state index in [4.69, 9.17) is 0 Å². The maximum Gasteiger partial charge on any atom is 0.180 e. The van der Waals surface area contributed by atoms with Gasteiger partial charge in [-0.2, -0.15) is 0 Å². The minimum atomic E-state index is -3.36. The van der Waals surface area contributed by atoms with E-state index in [1.54, 1.807) is 24.3 Å². The van der Waals surface area contributed by atoms with Crippen LogP contribution in [0.25, 0.3) is 0 Å². The quantitative estimate of drug-likeness (QED) is 0.911. The van der Waals surface area contributed by atoms with Crippen LogP contribution in [-0.2, 0) is 9.84 Å². The Kier molecular flexibility index (Phi) is 4.07. The van der Waals surface area contributed by atoms with Gasteiger partial charge in [-0.05, 0) is 37.8 Å². The van der Waals surface area contributed by atoms with Gasteiger partial charge >= 0.3 is 0 Å².